The van der Waals surface area contributed by atoms with E-state index in [9.17, 15) is 4.79 Å². The summed E-state index contributed by atoms with van der Waals surface area (Å²) in [5.74, 6) is -0.894. The quantitative estimate of drug-likeness (QED) is 0.913. The Morgan fingerprint density at radius 1 is 1.32 bits per heavy atom. The third-order valence-corrected chi connectivity index (χ3v) is 3.90. The van der Waals surface area contributed by atoms with Crippen molar-refractivity contribution in [3.8, 4) is 0 Å². The van der Waals surface area contributed by atoms with Gasteiger partial charge in [0.15, 0.2) is 0 Å². The fourth-order valence-corrected chi connectivity index (χ4v) is 3.04. The van der Waals surface area contributed by atoms with Crippen molar-refractivity contribution in [2.75, 3.05) is 7.05 Å². The van der Waals surface area contributed by atoms with Crippen LogP contribution in [-0.4, -0.2) is 23.0 Å². The van der Waals surface area contributed by atoms with E-state index in [1.807, 2.05) is 25.2 Å². The summed E-state index contributed by atoms with van der Waals surface area (Å²) in [5.41, 5.74) is 1.31. The van der Waals surface area contributed by atoms with E-state index in [2.05, 4.69) is 4.90 Å². The van der Waals surface area contributed by atoms with Crippen LogP contribution in [0.4, 0.5) is 0 Å². The van der Waals surface area contributed by atoms with Gasteiger partial charge in [0.1, 0.15) is 0 Å². The van der Waals surface area contributed by atoms with E-state index in [1.54, 1.807) is 29.5 Å². The molecule has 19 heavy (non-hydrogen) atoms. The number of hydrogen-bond donors (Lipinski definition) is 1. The van der Waals surface area contributed by atoms with Crippen molar-refractivity contribution in [3.63, 3.8) is 0 Å². The van der Waals surface area contributed by atoms with Crippen LogP contribution in [0.15, 0.2) is 36.4 Å². The summed E-state index contributed by atoms with van der Waals surface area (Å²) in [6.45, 7) is 1.51. The van der Waals surface area contributed by atoms with Crippen molar-refractivity contribution < 1.29 is 9.90 Å². The largest absolute Gasteiger partial charge is 0.478 e. The second-order valence-corrected chi connectivity index (χ2v) is 6.18. The molecule has 3 nitrogen and oxygen atoms in total. The van der Waals surface area contributed by atoms with Gasteiger partial charge in [0.25, 0.3) is 0 Å². The van der Waals surface area contributed by atoms with Gasteiger partial charge in [-0.15, -0.1) is 11.3 Å². The number of carboxylic acid groups (broad SMARTS) is 1. The molecule has 0 aliphatic heterocycles. The fraction of sp³-hybridized carbons (Fsp3) is 0.214. The number of benzene rings is 1. The molecule has 0 atom stereocenters. The number of carbonyl (C=O) groups is 1. The molecule has 1 N–H and O–H groups in total. The number of rotatable bonds is 5. The van der Waals surface area contributed by atoms with Crippen molar-refractivity contribution in [1.82, 2.24) is 4.90 Å². The van der Waals surface area contributed by atoms with Gasteiger partial charge in [-0.3, -0.25) is 4.90 Å². The Kier molecular flexibility index (Phi) is 4.58. The van der Waals surface area contributed by atoms with Crippen molar-refractivity contribution in [2.45, 2.75) is 13.1 Å². The normalized spacial score (nSPS) is 10.9. The Bertz CT molecular complexity index is 582. The maximum Gasteiger partial charge on any atom is 0.335 e. The standard InChI is InChI=1S/C14H14ClNO2S/c1-16(9-12-5-6-13(15)19-12)8-10-3-2-4-11(7-10)14(17)18/h2-7H,8-9H2,1H3,(H,17,18). The smallest absolute Gasteiger partial charge is 0.335 e. The lowest BCUT2D eigenvalue weighted by molar-refractivity contribution is 0.0696. The summed E-state index contributed by atoms with van der Waals surface area (Å²) in [4.78, 5) is 14.2. The molecule has 0 aliphatic carbocycles. The van der Waals surface area contributed by atoms with Crippen LogP contribution in [0, 0.1) is 0 Å². The SMILES string of the molecule is CN(Cc1cccc(C(=O)O)c1)Cc1ccc(Cl)s1. The molecule has 0 bridgehead atoms. The number of thiophene rings is 1. The summed E-state index contributed by atoms with van der Waals surface area (Å²) in [6.07, 6.45) is 0. The Labute approximate surface area is 121 Å². The van der Waals surface area contributed by atoms with Crippen LogP contribution in [0.1, 0.15) is 20.8 Å². The Morgan fingerprint density at radius 3 is 2.74 bits per heavy atom. The highest BCUT2D eigenvalue weighted by Gasteiger charge is 2.07. The minimum Gasteiger partial charge on any atom is -0.478 e. The average Bonchev–Trinajstić information content (AvgIpc) is 2.74. The highest BCUT2D eigenvalue weighted by atomic mass is 35.5. The molecule has 0 amide bonds. The highest BCUT2D eigenvalue weighted by molar-refractivity contribution is 7.16. The Balaban J connectivity index is 2.00. The minimum absolute atomic E-state index is 0.324. The topological polar surface area (TPSA) is 40.5 Å². The van der Waals surface area contributed by atoms with Gasteiger partial charge in [-0.25, -0.2) is 4.79 Å². The maximum absolute atomic E-state index is 10.9. The van der Waals surface area contributed by atoms with Crippen LogP contribution < -0.4 is 0 Å². The van der Waals surface area contributed by atoms with E-state index in [0.717, 1.165) is 16.4 Å². The molecule has 0 radical (unpaired) electrons. The van der Waals surface area contributed by atoms with E-state index < -0.39 is 5.97 Å². The van der Waals surface area contributed by atoms with Gasteiger partial charge in [0, 0.05) is 18.0 Å². The molecule has 1 aromatic carbocycles. The predicted octanol–water partition coefficient (Wildman–Crippen LogP) is 3.73. The van der Waals surface area contributed by atoms with Crippen LogP contribution in [0.25, 0.3) is 0 Å². The first-order chi connectivity index (χ1) is 9.04. The van der Waals surface area contributed by atoms with Crippen molar-refractivity contribution in [3.05, 3.63) is 56.7 Å². The van der Waals surface area contributed by atoms with Gasteiger partial charge < -0.3 is 5.11 Å². The molecule has 2 aromatic rings. The molecular weight excluding hydrogens is 282 g/mol. The molecule has 0 fully saturated rings. The summed E-state index contributed by atoms with van der Waals surface area (Å²) >= 11 is 7.46. The first-order valence-electron chi connectivity index (χ1n) is 5.79. The van der Waals surface area contributed by atoms with Crippen molar-refractivity contribution in [1.29, 1.82) is 0 Å². The van der Waals surface area contributed by atoms with E-state index in [-0.39, 0.29) is 0 Å². The highest BCUT2D eigenvalue weighted by Crippen LogP contribution is 2.22. The number of hydrogen-bond acceptors (Lipinski definition) is 3. The summed E-state index contributed by atoms with van der Waals surface area (Å²) in [6, 6.07) is 10.9. The molecule has 1 aromatic heterocycles. The van der Waals surface area contributed by atoms with E-state index >= 15 is 0 Å². The lowest BCUT2D eigenvalue weighted by atomic mass is 10.1. The van der Waals surface area contributed by atoms with Gasteiger partial charge >= 0.3 is 5.97 Å². The molecule has 2 rings (SSSR count). The molecular formula is C14H14ClNO2S. The monoisotopic (exact) mass is 295 g/mol. The zero-order chi connectivity index (χ0) is 13.8. The van der Waals surface area contributed by atoms with E-state index in [4.69, 9.17) is 16.7 Å². The zero-order valence-corrected chi connectivity index (χ0v) is 12.0. The summed E-state index contributed by atoms with van der Waals surface area (Å²) in [7, 11) is 2.00. The third-order valence-electron chi connectivity index (χ3n) is 2.68. The Morgan fingerprint density at radius 2 is 2.11 bits per heavy atom. The van der Waals surface area contributed by atoms with Gasteiger partial charge in [-0.1, -0.05) is 23.7 Å². The lowest BCUT2D eigenvalue weighted by Gasteiger charge is -2.15. The second-order valence-electron chi connectivity index (χ2n) is 4.38. The van der Waals surface area contributed by atoms with Crippen LogP contribution >= 0.6 is 22.9 Å². The molecule has 0 unspecified atom stereocenters. The fourth-order valence-electron chi connectivity index (χ4n) is 1.87. The molecule has 100 valence electrons. The molecule has 1 heterocycles. The van der Waals surface area contributed by atoms with Crippen LogP contribution in [0.5, 0.6) is 0 Å². The molecule has 5 heteroatoms. The first-order valence-corrected chi connectivity index (χ1v) is 6.99. The number of nitrogens with zero attached hydrogens (tertiary/aromatic N) is 1. The number of halogens is 1. The third kappa shape index (κ3) is 4.06. The Hall–Kier alpha value is -1.36. The van der Waals surface area contributed by atoms with Crippen LogP contribution in [0.3, 0.4) is 0 Å². The maximum atomic E-state index is 10.9. The van der Waals surface area contributed by atoms with Crippen molar-refractivity contribution >= 4 is 28.9 Å². The van der Waals surface area contributed by atoms with E-state index in [1.165, 1.54) is 4.88 Å². The van der Waals surface area contributed by atoms with Gasteiger partial charge in [-0.2, -0.15) is 0 Å². The van der Waals surface area contributed by atoms with E-state index in [0.29, 0.717) is 12.1 Å². The van der Waals surface area contributed by atoms with Gasteiger partial charge in [0.2, 0.25) is 0 Å². The van der Waals surface area contributed by atoms with Gasteiger partial charge in [-0.05, 0) is 36.9 Å². The van der Waals surface area contributed by atoms with Crippen LogP contribution in [-0.2, 0) is 13.1 Å². The first kappa shape index (κ1) is 14.1. The molecule has 0 saturated carbocycles. The van der Waals surface area contributed by atoms with Gasteiger partial charge in [0.05, 0.1) is 9.90 Å². The number of carboxylic acids is 1. The summed E-state index contributed by atoms with van der Waals surface area (Å²) < 4.78 is 0.788. The summed E-state index contributed by atoms with van der Waals surface area (Å²) in [5, 5.41) is 8.95. The lowest BCUT2D eigenvalue weighted by Crippen LogP contribution is -2.16. The zero-order valence-electron chi connectivity index (χ0n) is 10.5. The predicted molar refractivity (Wildman–Crippen MR) is 77.9 cm³/mol. The average molecular weight is 296 g/mol. The van der Waals surface area contributed by atoms with Crippen molar-refractivity contribution in [2.24, 2.45) is 0 Å². The minimum atomic E-state index is -0.894. The second kappa shape index (κ2) is 6.19. The molecule has 0 spiro atoms. The molecule has 0 aliphatic rings. The number of aromatic carboxylic acids is 1. The van der Waals surface area contributed by atoms with Crippen LogP contribution in [0.2, 0.25) is 4.34 Å². The molecule has 0 saturated heterocycles.